The number of hydrogen-bond donors (Lipinski definition) is 2. The van der Waals surface area contributed by atoms with Crippen LogP contribution in [0.4, 0.5) is 5.69 Å². The third-order valence-electron chi connectivity index (χ3n) is 4.41. The highest BCUT2D eigenvalue weighted by Crippen LogP contribution is 2.24. The molecule has 30 heavy (non-hydrogen) atoms. The van der Waals surface area contributed by atoms with Crippen molar-refractivity contribution in [3.63, 3.8) is 0 Å². The summed E-state index contributed by atoms with van der Waals surface area (Å²) in [5.74, 6) is 0.376. The monoisotopic (exact) mass is 444 g/mol. The van der Waals surface area contributed by atoms with Gasteiger partial charge in [0.2, 0.25) is 0 Å². The van der Waals surface area contributed by atoms with E-state index in [-0.39, 0.29) is 27.1 Å². The summed E-state index contributed by atoms with van der Waals surface area (Å²) >= 11 is 6.23. The summed E-state index contributed by atoms with van der Waals surface area (Å²) < 4.78 is 32.6. The van der Waals surface area contributed by atoms with Gasteiger partial charge in [0.1, 0.15) is 5.75 Å². The molecular weight excluding hydrogens is 424 g/mol. The Kier molecular flexibility index (Phi) is 6.64. The van der Waals surface area contributed by atoms with Crippen LogP contribution in [-0.4, -0.2) is 21.4 Å². The van der Waals surface area contributed by atoms with E-state index in [1.165, 1.54) is 30.3 Å². The minimum atomic E-state index is -3.75. The topological polar surface area (TPSA) is 84.5 Å². The maximum atomic E-state index is 12.5. The summed E-state index contributed by atoms with van der Waals surface area (Å²) in [6, 6.07) is 18.2. The lowest BCUT2D eigenvalue weighted by molar-refractivity contribution is 0.0951. The van der Waals surface area contributed by atoms with Crippen LogP contribution in [-0.2, 0) is 16.6 Å². The molecule has 3 aromatic carbocycles. The van der Waals surface area contributed by atoms with Gasteiger partial charge in [0, 0.05) is 6.54 Å². The number of hydrogen-bond acceptors (Lipinski definition) is 4. The number of methoxy groups -OCH3 is 1. The van der Waals surface area contributed by atoms with Crippen LogP contribution in [0.25, 0.3) is 0 Å². The first kappa shape index (κ1) is 21.7. The summed E-state index contributed by atoms with van der Waals surface area (Å²) in [5, 5.41) is 2.93. The second-order valence-corrected chi connectivity index (χ2v) is 8.73. The maximum Gasteiger partial charge on any atom is 0.261 e. The van der Waals surface area contributed by atoms with E-state index in [4.69, 9.17) is 16.3 Å². The van der Waals surface area contributed by atoms with E-state index in [1.807, 2.05) is 31.2 Å². The molecule has 0 radical (unpaired) electrons. The average molecular weight is 445 g/mol. The first-order valence-corrected chi connectivity index (χ1v) is 10.9. The van der Waals surface area contributed by atoms with Gasteiger partial charge >= 0.3 is 0 Å². The van der Waals surface area contributed by atoms with Gasteiger partial charge in [-0.1, -0.05) is 41.4 Å². The van der Waals surface area contributed by atoms with Crippen LogP contribution in [0.2, 0.25) is 5.02 Å². The molecule has 0 atom stereocenters. The molecule has 0 spiro atoms. The zero-order valence-electron chi connectivity index (χ0n) is 16.5. The molecule has 0 fully saturated rings. The molecule has 6 nitrogen and oxygen atoms in total. The van der Waals surface area contributed by atoms with Gasteiger partial charge in [0.15, 0.2) is 0 Å². The van der Waals surface area contributed by atoms with E-state index < -0.39 is 10.0 Å². The van der Waals surface area contributed by atoms with Crippen LogP contribution in [0.15, 0.2) is 71.6 Å². The second-order valence-electron chi connectivity index (χ2n) is 6.64. The summed E-state index contributed by atoms with van der Waals surface area (Å²) in [5.41, 5.74) is 2.39. The lowest BCUT2D eigenvalue weighted by atomic mass is 10.1. The molecule has 1 amide bonds. The van der Waals surface area contributed by atoms with Gasteiger partial charge in [0.25, 0.3) is 15.9 Å². The van der Waals surface area contributed by atoms with Gasteiger partial charge in [-0.15, -0.1) is 0 Å². The molecule has 0 aliphatic carbocycles. The quantitative estimate of drug-likeness (QED) is 0.566. The SMILES string of the molecule is COc1ccc(CNC(=O)c2ccc(NS(=O)(=O)c3ccc(C)cc3)cc2Cl)cc1. The van der Waals surface area contributed by atoms with Crippen LogP contribution in [0.5, 0.6) is 5.75 Å². The predicted octanol–water partition coefficient (Wildman–Crippen LogP) is 4.39. The van der Waals surface area contributed by atoms with Crippen LogP contribution in [0.3, 0.4) is 0 Å². The third-order valence-corrected chi connectivity index (χ3v) is 6.12. The number of carbonyl (C=O) groups is 1. The summed E-state index contributed by atoms with van der Waals surface area (Å²) in [6.07, 6.45) is 0. The number of aryl methyl sites for hydroxylation is 1. The van der Waals surface area contributed by atoms with Gasteiger partial charge < -0.3 is 10.1 Å². The van der Waals surface area contributed by atoms with Gasteiger partial charge in [-0.25, -0.2) is 8.42 Å². The zero-order chi connectivity index (χ0) is 21.7. The first-order valence-electron chi connectivity index (χ1n) is 9.08. The van der Waals surface area contributed by atoms with Crippen molar-refractivity contribution >= 4 is 33.2 Å². The van der Waals surface area contributed by atoms with E-state index in [0.29, 0.717) is 6.54 Å². The van der Waals surface area contributed by atoms with Crippen molar-refractivity contribution in [3.05, 3.63) is 88.4 Å². The highest BCUT2D eigenvalue weighted by Gasteiger charge is 2.16. The lowest BCUT2D eigenvalue weighted by Crippen LogP contribution is -2.23. The number of halogens is 1. The Bertz CT molecular complexity index is 1140. The standard InChI is InChI=1S/C22H21ClN2O4S/c1-15-3-10-19(11-4-15)30(27,28)25-17-7-12-20(21(23)13-17)22(26)24-14-16-5-8-18(29-2)9-6-16/h3-13,25H,14H2,1-2H3,(H,24,26). The lowest BCUT2D eigenvalue weighted by Gasteiger charge is -2.11. The minimum absolute atomic E-state index is 0.144. The van der Waals surface area contributed by atoms with Crippen LogP contribution in [0.1, 0.15) is 21.5 Å². The van der Waals surface area contributed by atoms with Crippen LogP contribution >= 0.6 is 11.6 Å². The molecule has 0 aliphatic rings. The van der Waals surface area contributed by atoms with E-state index in [0.717, 1.165) is 16.9 Å². The summed E-state index contributed by atoms with van der Waals surface area (Å²) in [6.45, 7) is 2.20. The summed E-state index contributed by atoms with van der Waals surface area (Å²) in [7, 11) is -2.16. The van der Waals surface area contributed by atoms with Gasteiger partial charge in [-0.05, 0) is 55.0 Å². The van der Waals surface area contributed by atoms with Crippen LogP contribution < -0.4 is 14.8 Å². The number of sulfonamides is 1. The Morgan fingerprint density at radius 2 is 1.67 bits per heavy atom. The highest BCUT2D eigenvalue weighted by atomic mass is 35.5. The maximum absolute atomic E-state index is 12.5. The molecule has 3 aromatic rings. The van der Waals surface area contributed by atoms with E-state index >= 15 is 0 Å². The van der Waals surface area contributed by atoms with Crippen LogP contribution in [0, 0.1) is 6.92 Å². The molecule has 0 aliphatic heterocycles. The fourth-order valence-electron chi connectivity index (χ4n) is 2.72. The van der Waals surface area contributed by atoms with Crippen molar-refractivity contribution in [2.75, 3.05) is 11.8 Å². The number of carbonyl (C=O) groups excluding carboxylic acids is 1. The molecule has 0 heterocycles. The number of nitrogens with one attached hydrogen (secondary N) is 2. The van der Waals surface area contributed by atoms with E-state index in [9.17, 15) is 13.2 Å². The number of anilines is 1. The number of amides is 1. The first-order chi connectivity index (χ1) is 14.3. The molecule has 0 unspecified atom stereocenters. The zero-order valence-corrected chi connectivity index (χ0v) is 18.0. The molecule has 0 saturated heterocycles. The number of rotatable bonds is 7. The van der Waals surface area contributed by atoms with Crippen molar-refractivity contribution in [2.45, 2.75) is 18.4 Å². The highest BCUT2D eigenvalue weighted by molar-refractivity contribution is 7.92. The van der Waals surface area contributed by atoms with Crippen molar-refractivity contribution in [1.29, 1.82) is 0 Å². The van der Waals surface area contributed by atoms with Gasteiger partial charge in [-0.2, -0.15) is 0 Å². The number of ether oxygens (including phenoxy) is 1. The average Bonchev–Trinajstić information content (AvgIpc) is 2.72. The Hall–Kier alpha value is -3.03. The molecular formula is C22H21ClN2O4S. The predicted molar refractivity (Wildman–Crippen MR) is 118 cm³/mol. The Labute approximate surface area is 180 Å². The molecule has 2 N–H and O–H groups in total. The Morgan fingerprint density at radius 3 is 2.27 bits per heavy atom. The fourth-order valence-corrected chi connectivity index (χ4v) is 4.03. The molecule has 156 valence electrons. The van der Waals surface area contributed by atoms with Crippen molar-refractivity contribution < 1.29 is 17.9 Å². The van der Waals surface area contributed by atoms with E-state index in [2.05, 4.69) is 10.0 Å². The fraction of sp³-hybridized carbons (Fsp3) is 0.136. The Balaban J connectivity index is 1.68. The second kappa shape index (κ2) is 9.19. The molecule has 3 rings (SSSR count). The largest absolute Gasteiger partial charge is 0.497 e. The van der Waals surface area contributed by atoms with Crippen molar-refractivity contribution in [2.24, 2.45) is 0 Å². The number of benzene rings is 3. The van der Waals surface area contributed by atoms with Gasteiger partial charge in [0.05, 0.1) is 28.3 Å². The minimum Gasteiger partial charge on any atom is -0.497 e. The van der Waals surface area contributed by atoms with Gasteiger partial charge in [-0.3, -0.25) is 9.52 Å². The van der Waals surface area contributed by atoms with Crippen molar-refractivity contribution in [1.82, 2.24) is 5.32 Å². The molecule has 0 aromatic heterocycles. The third kappa shape index (κ3) is 5.31. The van der Waals surface area contributed by atoms with E-state index in [1.54, 1.807) is 19.2 Å². The molecule has 0 saturated carbocycles. The smallest absolute Gasteiger partial charge is 0.261 e. The molecule has 8 heteroatoms. The van der Waals surface area contributed by atoms with Crippen molar-refractivity contribution in [3.8, 4) is 5.75 Å². The summed E-state index contributed by atoms with van der Waals surface area (Å²) in [4.78, 5) is 12.6. The Morgan fingerprint density at radius 1 is 1.00 bits per heavy atom. The molecule has 0 bridgehead atoms. The normalized spacial score (nSPS) is 11.0.